The van der Waals surface area contributed by atoms with Crippen molar-refractivity contribution in [2.24, 2.45) is 0 Å². The van der Waals surface area contributed by atoms with Crippen LogP contribution in [0.4, 0.5) is 5.95 Å². The number of nitrogen functional groups attached to an aromatic ring is 1. The van der Waals surface area contributed by atoms with Gasteiger partial charge < -0.3 is 10.5 Å². The molecule has 0 spiro atoms. The fourth-order valence-electron chi connectivity index (χ4n) is 1.62. The Labute approximate surface area is 119 Å². The van der Waals surface area contributed by atoms with E-state index in [0.29, 0.717) is 16.8 Å². The summed E-state index contributed by atoms with van der Waals surface area (Å²) in [7, 11) is 0. The van der Waals surface area contributed by atoms with E-state index in [1.54, 1.807) is 0 Å². The first-order valence-corrected chi connectivity index (χ1v) is 6.69. The summed E-state index contributed by atoms with van der Waals surface area (Å²) >= 11 is 3.23. The van der Waals surface area contributed by atoms with Gasteiger partial charge in [0.25, 0.3) is 5.56 Å². The second-order valence-electron chi connectivity index (χ2n) is 3.99. The second-order valence-corrected chi connectivity index (χ2v) is 4.78. The first-order valence-electron chi connectivity index (χ1n) is 5.90. The fourth-order valence-corrected chi connectivity index (χ4v) is 2.04. The van der Waals surface area contributed by atoms with Crippen LogP contribution in [0.25, 0.3) is 11.3 Å². The molecule has 0 radical (unpaired) electrons. The predicted molar refractivity (Wildman–Crippen MR) is 78.2 cm³/mol. The SMILES string of the molecule is CCCOc1cccc(-c2nc(N)[nH]c(=O)c2Br)c1. The highest BCUT2D eigenvalue weighted by atomic mass is 79.9. The lowest BCUT2D eigenvalue weighted by atomic mass is 10.1. The number of hydrogen-bond acceptors (Lipinski definition) is 4. The summed E-state index contributed by atoms with van der Waals surface area (Å²) in [6.45, 7) is 2.69. The molecule has 1 aromatic heterocycles. The van der Waals surface area contributed by atoms with Crippen LogP contribution in [-0.4, -0.2) is 16.6 Å². The number of ether oxygens (including phenoxy) is 1. The molecule has 1 aromatic carbocycles. The van der Waals surface area contributed by atoms with E-state index in [9.17, 15) is 4.79 Å². The van der Waals surface area contributed by atoms with Crippen LogP contribution in [0.1, 0.15) is 13.3 Å². The van der Waals surface area contributed by atoms with Crippen molar-refractivity contribution in [3.8, 4) is 17.0 Å². The molecule has 0 fully saturated rings. The molecule has 0 aliphatic heterocycles. The molecule has 1 heterocycles. The van der Waals surface area contributed by atoms with E-state index >= 15 is 0 Å². The summed E-state index contributed by atoms with van der Waals surface area (Å²) in [5.41, 5.74) is 6.54. The monoisotopic (exact) mass is 323 g/mol. The molecule has 5 nitrogen and oxygen atoms in total. The van der Waals surface area contributed by atoms with E-state index in [4.69, 9.17) is 10.5 Å². The molecule has 100 valence electrons. The van der Waals surface area contributed by atoms with E-state index in [0.717, 1.165) is 17.7 Å². The van der Waals surface area contributed by atoms with Crippen molar-refractivity contribution < 1.29 is 4.74 Å². The van der Waals surface area contributed by atoms with Crippen LogP contribution in [0.15, 0.2) is 33.5 Å². The van der Waals surface area contributed by atoms with Gasteiger partial charge in [0.2, 0.25) is 5.95 Å². The smallest absolute Gasteiger partial charge is 0.267 e. The van der Waals surface area contributed by atoms with Gasteiger partial charge in [0.1, 0.15) is 10.2 Å². The van der Waals surface area contributed by atoms with Gasteiger partial charge in [0.05, 0.1) is 12.3 Å². The zero-order chi connectivity index (χ0) is 13.8. The molecule has 2 aromatic rings. The number of nitrogens with zero attached hydrogens (tertiary/aromatic N) is 1. The molecule has 3 N–H and O–H groups in total. The van der Waals surface area contributed by atoms with Crippen molar-refractivity contribution in [2.45, 2.75) is 13.3 Å². The van der Waals surface area contributed by atoms with E-state index < -0.39 is 0 Å². The maximum Gasteiger partial charge on any atom is 0.267 e. The van der Waals surface area contributed by atoms with Gasteiger partial charge in [-0.05, 0) is 34.5 Å². The molecule has 0 bridgehead atoms. The normalized spacial score (nSPS) is 10.4. The van der Waals surface area contributed by atoms with E-state index in [2.05, 4.69) is 25.9 Å². The van der Waals surface area contributed by atoms with Gasteiger partial charge in [0.15, 0.2) is 0 Å². The highest BCUT2D eigenvalue weighted by molar-refractivity contribution is 9.10. The highest BCUT2D eigenvalue weighted by Crippen LogP contribution is 2.26. The standard InChI is InChI=1S/C13H14BrN3O2/c1-2-6-19-9-5-3-4-8(7-9)11-10(14)12(18)17-13(15)16-11/h3-5,7H,2,6H2,1H3,(H3,15,16,17,18). The number of hydrogen-bond donors (Lipinski definition) is 2. The first kappa shape index (κ1) is 13.6. The van der Waals surface area contributed by atoms with Crippen LogP contribution in [-0.2, 0) is 0 Å². The number of aromatic nitrogens is 2. The molecular weight excluding hydrogens is 310 g/mol. The van der Waals surface area contributed by atoms with Gasteiger partial charge in [0, 0.05) is 5.56 Å². The van der Waals surface area contributed by atoms with E-state index in [-0.39, 0.29) is 11.5 Å². The van der Waals surface area contributed by atoms with Crippen molar-refractivity contribution in [1.29, 1.82) is 0 Å². The molecule has 19 heavy (non-hydrogen) atoms. The summed E-state index contributed by atoms with van der Waals surface area (Å²) < 4.78 is 5.91. The lowest BCUT2D eigenvalue weighted by Crippen LogP contribution is -2.13. The van der Waals surface area contributed by atoms with Crippen molar-refractivity contribution in [3.63, 3.8) is 0 Å². The minimum atomic E-state index is -0.303. The Balaban J connectivity index is 2.44. The average Bonchev–Trinajstić information content (AvgIpc) is 2.41. The molecule has 0 atom stereocenters. The van der Waals surface area contributed by atoms with E-state index in [1.165, 1.54) is 0 Å². The molecule has 0 aliphatic rings. The maximum absolute atomic E-state index is 11.6. The molecule has 6 heteroatoms. The van der Waals surface area contributed by atoms with Crippen molar-refractivity contribution >= 4 is 21.9 Å². The highest BCUT2D eigenvalue weighted by Gasteiger charge is 2.10. The minimum absolute atomic E-state index is 0.0862. The fraction of sp³-hybridized carbons (Fsp3) is 0.231. The summed E-state index contributed by atoms with van der Waals surface area (Å²) in [5.74, 6) is 0.829. The number of aromatic amines is 1. The number of benzene rings is 1. The van der Waals surface area contributed by atoms with Gasteiger partial charge in [-0.2, -0.15) is 0 Å². The molecule has 0 amide bonds. The third-order valence-electron chi connectivity index (χ3n) is 2.46. The Kier molecular flexibility index (Phi) is 4.21. The van der Waals surface area contributed by atoms with Gasteiger partial charge in [-0.25, -0.2) is 4.98 Å². The third kappa shape index (κ3) is 3.14. The molecule has 0 saturated heterocycles. The van der Waals surface area contributed by atoms with E-state index in [1.807, 2.05) is 31.2 Å². The zero-order valence-corrected chi connectivity index (χ0v) is 12.0. The Bertz CT molecular complexity index is 640. The van der Waals surface area contributed by atoms with Gasteiger partial charge in [-0.15, -0.1) is 0 Å². The number of nitrogens with two attached hydrogens (primary N) is 1. The molecular formula is C13H14BrN3O2. The summed E-state index contributed by atoms with van der Waals surface area (Å²) in [6, 6.07) is 7.40. The molecule has 0 unspecified atom stereocenters. The van der Waals surface area contributed by atoms with Gasteiger partial charge in [-0.3, -0.25) is 9.78 Å². The summed E-state index contributed by atoms with van der Waals surface area (Å²) in [6.07, 6.45) is 0.935. The van der Waals surface area contributed by atoms with Crippen LogP contribution in [0.3, 0.4) is 0 Å². The van der Waals surface area contributed by atoms with Gasteiger partial charge in [-0.1, -0.05) is 19.1 Å². The average molecular weight is 324 g/mol. The maximum atomic E-state index is 11.6. The van der Waals surface area contributed by atoms with Crippen LogP contribution in [0.5, 0.6) is 5.75 Å². The Morgan fingerprint density at radius 1 is 1.47 bits per heavy atom. The molecule has 0 saturated carbocycles. The van der Waals surface area contributed by atoms with Crippen LogP contribution >= 0.6 is 15.9 Å². The van der Waals surface area contributed by atoms with Gasteiger partial charge >= 0.3 is 0 Å². The second kappa shape index (κ2) is 5.88. The quantitative estimate of drug-likeness (QED) is 0.906. The lowest BCUT2D eigenvalue weighted by Gasteiger charge is -2.08. The number of anilines is 1. The largest absolute Gasteiger partial charge is 0.494 e. The number of nitrogens with one attached hydrogen (secondary N) is 1. The predicted octanol–water partition coefficient (Wildman–Crippen LogP) is 2.57. The molecule has 2 rings (SSSR count). The minimum Gasteiger partial charge on any atom is -0.494 e. The number of halogens is 1. The van der Waals surface area contributed by atoms with Crippen LogP contribution in [0, 0.1) is 0 Å². The van der Waals surface area contributed by atoms with Crippen LogP contribution < -0.4 is 16.0 Å². The summed E-state index contributed by atoms with van der Waals surface area (Å²) in [5, 5.41) is 0. The Morgan fingerprint density at radius 3 is 3.00 bits per heavy atom. The number of rotatable bonds is 4. The summed E-state index contributed by atoms with van der Waals surface area (Å²) in [4.78, 5) is 18.2. The van der Waals surface area contributed by atoms with Crippen LogP contribution in [0.2, 0.25) is 0 Å². The Morgan fingerprint density at radius 2 is 2.26 bits per heavy atom. The lowest BCUT2D eigenvalue weighted by molar-refractivity contribution is 0.317. The van der Waals surface area contributed by atoms with Crippen molar-refractivity contribution in [1.82, 2.24) is 9.97 Å². The van der Waals surface area contributed by atoms with Crippen molar-refractivity contribution in [2.75, 3.05) is 12.3 Å². The molecule has 0 aliphatic carbocycles. The first-order chi connectivity index (χ1) is 9.11. The number of H-pyrrole nitrogens is 1. The Hall–Kier alpha value is -1.82. The third-order valence-corrected chi connectivity index (χ3v) is 3.20. The zero-order valence-electron chi connectivity index (χ0n) is 10.4. The topological polar surface area (TPSA) is 81.0 Å². The van der Waals surface area contributed by atoms with Crippen molar-refractivity contribution in [3.05, 3.63) is 39.1 Å².